The van der Waals surface area contributed by atoms with E-state index in [0.717, 1.165) is 18.4 Å². The zero-order valence-corrected chi connectivity index (χ0v) is 10.5. The summed E-state index contributed by atoms with van der Waals surface area (Å²) in [4.78, 5) is 23.9. The fourth-order valence-corrected chi connectivity index (χ4v) is 3.23. The topological polar surface area (TPSA) is 43.4 Å². The Labute approximate surface area is 110 Å². The summed E-state index contributed by atoms with van der Waals surface area (Å²) in [6.07, 6.45) is 2.99. The zero-order chi connectivity index (χ0) is 13.5. The van der Waals surface area contributed by atoms with Gasteiger partial charge in [0.2, 0.25) is 0 Å². The van der Waals surface area contributed by atoms with Crippen molar-refractivity contribution in [2.24, 2.45) is 0 Å². The first-order chi connectivity index (χ1) is 9.12. The van der Waals surface area contributed by atoms with E-state index in [4.69, 9.17) is 4.74 Å². The summed E-state index contributed by atoms with van der Waals surface area (Å²) < 4.78 is 18.4. The summed E-state index contributed by atoms with van der Waals surface area (Å²) in [6, 6.07) is 6.01. The van der Waals surface area contributed by atoms with Gasteiger partial charge in [0.25, 0.3) is 0 Å². The average molecular weight is 262 g/mol. The fourth-order valence-electron chi connectivity index (χ4n) is 3.23. The molecule has 1 aromatic rings. The van der Waals surface area contributed by atoms with Crippen LogP contribution in [-0.2, 0) is 14.3 Å². The second-order valence-corrected chi connectivity index (χ2v) is 5.30. The predicted octanol–water partition coefficient (Wildman–Crippen LogP) is 2.74. The molecule has 2 fully saturated rings. The number of rotatable bonds is 1. The van der Waals surface area contributed by atoms with E-state index in [0.29, 0.717) is 12.8 Å². The minimum Gasteiger partial charge on any atom is -0.450 e. The number of halogens is 1. The van der Waals surface area contributed by atoms with Crippen molar-refractivity contribution in [1.82, 2.24) is 0 Å². The number of ether oxygens (including phenoxy) is 1. The summed E-state index contributed by atoms with van der Waals surface area (Å²) in [5.41, 5.74) is -0.185. The van der Waals surface area contributed by atoms with Gasteiger partial charge < -0.3 is 4.74 Å². The number of carbonyl (C=O) groups excluding carboxylic acids is 2. The predicted molar refractivity (Wildman–Crippen MR) is 66.1 cm³/mol. The van der Waals surface area contributed by atoms with Crippen molar-refractivity contribution >= 4 is 11.8 Å². The van der Waals surface area contributed by atoms with Crippen molar-refractivity contribution < 1.29 is 18.7 Å². The maximum atomic E-state index is 13.0. The van der Waals surface area contributed by atoms with Gasteiger partial charge in [-0.05, 0) is 37.0 Å². The zero-order valence-electron chi connectivity index (χ0n) is 10.5. The van der Waals surface area contributed by atoms with Gasteiger partial charge >= 0.3 is 5.97 Å². The third-order valence-corrected chi connectivity index (χ3v) is 4.18. The maximum Gasteiger partial charge on any atom is 0.307 e. The molecular formula is C15H15FO3. The Morgan fingerprint density at radius 2 is 1.89 bits per heavy atom. The molecule has 1 saturated carbocycles. The lowest BCUT2D eigenvalue weighted by atomic mass is 9.72. The highest BCUT2D eigenvalue weighted by Crippen LogP contribution is 2.47. The average Bonchev–Trinajstić information content (AvgIpc) is 2.72. The number of benzene rings is 1. The summed E-state index contributed by atoms with van der Waals surface area (Å²) in [5, 5.41) is 0. The maximum absolute atomic E-state index is 13.0. The first kappa shape index (κ1) is 12.3. The molecule has 1 aliphatic carbocycles. The summed E-state index contributed by atoms with van der Waals surface area (Å²) in [5.74, 6) is -0.907. The molecule has 0 aromatic heterocycles. The Morgan fingerprint density at radius 1 is 1.16 bits per heavy atom. The van der Waals surface area contributed by atoms with Crippen LogP contribution in [-0.4, -0.2) is 17.4 Å². The van der Waals surface area contributed by atoms with Crippen LogP contribution in [0.2, 0.25) is 0 Å². The molecule has 0 bridgehead atoms. The highest BCUT2D eigenvalue weighted by Gasteiger charge is 2.55. The van der Waals surface area contributed by atoms with Crippen molar-refractivity contribution in [3.63, 3.8) is 0 Å². The largest absolute Gasteiger partial charge is 0.450 e. The minimum atomic E-state index is -0.993. The SMILES string of the molecule is O=C1C[C@@H](c2ccc(F)cc2)[C@]2(CCCCC2=O)O1. The van der Waals surface area contributed by atoms with Gasteiger partial charge in [-0.1, -0.05) is 12.1 Å². The number of carbonyl (C=O) groups is 2. The van der Waals surface area contributed by atoms with E-state index in [1.165, 1.54) is 12.1 Å². The quantitative estimate of drug-likeness (QED) is 0.731. The van der Waals surface area contributed by atoms with Crippen molar-refractivity contribution in [3.05, 3.63) is 35.6 Å². The number of hydrogen-bond donors (Lipinski definition) is 0. The molecule has 3 rings (SSSR count). The standard InChI is InChI=1S/C15H15FO3/c16-11-6-4-10(5-7-11)12-9-14(18)19-15(12)8-2-1-3-13(15)17/h4-7,12H,1-3,8-9H2/t12-,15-/m0/s1. The van der Waals surface area contributed by atoms with Gasteiger partial charge in [-0.25, -0.2) is 4.39 Å². The molecule has 19 heavy (non-hydrogen) atoms. The molecule has 1 aliphatic heterocycles. The molecule has 4 heteroatoms. The molecule has 2 aliphatic rings. The van der Waals surface area contributed by atoms with E-state index < -0.39 is 5.60 Å². The van der Waals surface area contributed by atoms with E-state index in [2.05, 4.69) is 0 Å². The lowest BCUT2D eigenvalue weighted by molar-refractivity contribution is -0.160. The Bertz CT molecular complexity index is 523. The van der Waals surface area contributed by atoms with E-state index in [-0.39, 0.29) is 29.9 Å². The molecule has 0 unspecified atom stereocenters. The van der Waals surface area contributed by atoms with Crippen LogP contribution in [0.15, 0.2) is 24.3 Å². The van der Waals surface area contributed by atoms with Gasteiger partial charge in [-0.2, -0.15) is 0 Å². The molecule has 0 N–H and O–H groups in total. The molecule has 1 aromatic carbocycles. The Hall–Kier alpha value is -1.71. The van der Waals surface area contributed by atoms with Crippen LogP contribution in [0.5, 0.6) is 0 Å². The van der Waals surface area contributed by atoms with Gasteiger partial charge in [-0.3, -0.25) is 9.59 Å². The summed E-state index contributed by atoms with van der Waals surface area (Å²) >= 11 is 0. The Kier molecular flexibility index (Phi) is 2.88. The summed E-state index contributed by atoms with van der Waals surface area (Å²) in [7, 11) is 0. The van der Waals surface area contributed by atoms with Crippen LogP contribution in [0.1, 0.15) is 43.6 Å². The minimum absolute atomic E-state index is 0.0129. The van der Waals surface area contributed by atoms with Crippen LogP contribution >= 0.6 is 0 Å². The van der Waals surface area contributed by atoms with Crippen LogP contribution in [0.25, 0.3) is 0 Å². The first-order valence-corrected chi connectivity index (χ1v) is 6.62. The molecule has 0 amide bonds. The molecule has 0 radical (unpaired) electrons. The van der Waals surface area contributed by atoms with Gasteiger partial charge in [-0.15, -0.1) is 0 Å². The van der Waals surface area contributed by atoms with Crippen LogP contribution in [0, 0.1) is 5.82 Å². The number of Topliss-reactive ketones (excluding diaryl/α,β-unsaturated/α-hetero) is 1. The molecule has 100 valence electrons. The summed E-state index contributed by atoms with van der Waals surface area (Å²) in [6.45, 7) is 0. The number of ketones is 1. The first-order valence-electron chi connectivity index (χ1n) is 6.62. The third-order valence-electron chi connectivity index (χ3n) is 4.18. The van der Waals surface area contributed by atoms with E-state index in [1.807, 2.05) is 0 Å². The fraction of sp³-hybridized carbons (Fsp3) is 0.467. The number of esters is 1. The highest BCUT2D eigenvalue weighted by atomic mass is 19.1. The molecular weight excluding hydrogens is 247 g/mol. The normalized spacial score (nSPS) is 30.7. The third kappa shape index (κ3) is 1.95. The van der Waals surface area contributed by atoms with Crippen LogP contribution < -0.4 is 0 Å². The lowest BCUT2D eigenvalue weighted by Gasteiger charge is -2.35. The van der Waals surface area contributed by atoms with E-state index in [1.54, 1.807) is 12.1 Å². The smallest absolute Gasteiger partial charge is 0.307 e. The highest BCUT2D eigenvalue weighted by molar-refractivity contribution is 5.94. The number of hydrogen-bond acceptors (Lipinski definition) is 3. The van der Waals surface area contributed by atoms with Crippen molar-refractivity contribution in [2.45, 2.75) is 43.6 Å². The second-order valence-electron chi connectivity index (χ2n) is 5.30. The van der Waals surface area contributed by atoms with Crippen LogP contribution in [0.3, 0.4) is 0 Å². The molecule has 1 heterocycles. The second kappa shape index (κ2) is 4.44. The van der Waals surface area contributed by atoms with E-state index in [9.17, 15) is 14.0 Å². The van der Waals surface area contributed by atoms with E-state index >= 15 is 0 Å². The van der Waals surface area contributed by atoms with Crippen molar-refractivity contribution in [3.8, 4) is 0 Å². The van der Waals surface area contributed by atoms with Gasteiger partial charge in [0.15, 0.2) is 11.4 Å². The monoisotopic (exact) mass is 262 g/mol. The molecule has 3 nitrogen and oxygen atoms in total. The van der Waals surface area contributed by atoms with Gasteiger partial charge in [0, 0.05) is 12.3 Å². The molecule has 1 spiro atoms. The van der Waals surface area contributed by atoms with Gasteiger partial charge in [0.1, 0.15) is 5.82 Å². The van der Waals surface area contributed by atoms with Crippen molar-refractivity contribution in [1.29, 1.82) is 0 Å². The van der Waals surface area contributed by atoms with Crippen molar-refractivity contribution in [2.75, 3.05) is 0 Å². The lowest BCUT2D eigenvalue weighted by Crippen LogP contribution is -2.45. The molecule has 1 saturated heterocycles. The Balaban J connectivity index is 2.00. The van der Waals surface area contributed by atoms with Crippen LogP contribution in [0.4, 0.5) is 4.39 Å². The van der Waals surface area contributed by atoms with Gasteiger partial charge in [0.05, 0.1) is 6.42 Å². The Morgan fingerprint density at radius 3 is 2.58 bits per heavy atom. The molecule has 2 atom stereocenters.